The average Bonchev–Trinajstić information content (AvgIpc) is 2.52. The first-order valence-electron chi connectivity index (χ1n) is 7.40. The number of hydrogen-bond donors (Lipinski definition) is 1. The van der Waals surface area contributed by atoms with Crippen LogP contribution in [0.1, 0.15) is 18.9 Å². The molecule has 0 saturated carbocycles. The maximum absolute atomic E-state index is 11.1. The Kier molecular flexibility index (Phi) is 8.47. The maximum Gasteiger partial charge on any atom is 0.306 e. The molecule has 1 rings (SSSR count). The van der Waals surface area contributed by atoms with Crippen LogP contribution in [0.5, 0.6) is 5.75 Å². The van der Waals surface area contributed by atoms with Gasteiger partial charge in [0.05, 0.1) is 13.5 Å². The number of carbonyl (C=O) groups excluding carboxylic acids is 1. The Morgan fingerprint density at radius 1 is 1.24 bits per heavy atom. The number of benzene rings is 1. The second-order valence-electron chi connectivity index (χ2n) is 4.79. The van der Waals surface area contributed by atoms with Gasteiger partial charge in [-0.2, -0.15) is 0 Å². The zero-order valence-electron chi connectivity index (χ0n) is 13.0. The number of likely N-dealkylation sites (N-methyl/N-ethyl adjacent to an activating group) is 1. The summed E-state index contributed by atoms with van der Waals surface area (Å²) in [5.74, 6) is 0.685. The molecule has 0 aliphatic carbocycles. The maximum atomic E-state index is 11.1. The van der Waals surface area contributed by atoms with Gasteiger partial charge in [0.25, 0.3) is 0 Å². The third-order valence-electron chi connectivity index (χ3n) is 3.34. The number of rotatable bonds is 10. The first-order valence-corrected chi connectivity index (χ1v) is 7.40. The molecule has 0 unspecified atom stereocenters. The number of hydrogen-bond acceptors (Lipinski definition) is 5. The predicted octanol–water partition coefficient (Wildman–Crippen LogP) is 1.45. The van der Waals surface area contributed by atoms with Crippen LogP contribution in [-0.4, -0.2) is 50.8 Å². The summed E-state index contributed by atoms with van der Waals surface area (Å²) >= 11 is 0. The minimum atomic E-state index is -0.176. The molecule has 0 amide bonds. The Balaban J connectivity index is 2.28. The van der Waals surface area contributed by atoms with Crippen molar-refractivity contribution in [3.63, 3.8) is 0 Å². The van der Waals surface area contributed by atoms with Crippen molar-refractivity contribution < 1.29 is 14.3 Å². The lowest BCUT2D eigenvalue weighted by Gasteiger charge is -2.19. The van der Waals surface area contributed by atoms with Crippen molar-refractivity contribution in [2.75, 3.05) is 39.9 Å². The first-order chi connectivity index (χ1) is 10.2. The average molecular weight is 294 g/mol. The highest BCUT2D eigenvalue weighted by atomic mass is 16.5. The largest absolute Gasteiger partial charge is 0.492 e. The smallest absolute Gasteiger partial charge is 0.306 e. The molecule has 0 aliphatic heterocycles. The summed E-state index contributed by atoms with van der Waals surface area (Å²) in [4.78, 5) is 13.3. The Morgan fingerprint density at radius 3 is 2.52 bits per heavy atom. The second kappa shape index (κ2) is 10.2. The number of ether oxygens (including phenoxy) is 2. The van der Waals surface area contributed by atoms with E-state index < -0.39 is 0 Å². The molecule has 0 spiro atoms. The molecular weight excluding hydrogens is 268 g/mol. The number of methoxy groups -OCH3 is 1. The highest BCUT2D eigenvalue weighted by Crippen LogP contribution is 2.12. The molecular formula is C16H26N2O3. The van der Waals surface area contributed by atoms with Crippen molar-refractivity contribution in [2.45, 2.75) is 19.8 Å². The van der Waals surface area contributed by atoms with E-state index in [0.717, 1.165) is 25.3 Å². The van der Waals surface area contributed by atoms with E-state index in [2.05, 4.69) is 16.6 Å². The molecule has 2 N–H and O–H groups in total. The summed E-state index contributed by atoms with van der Waals surface area (Å²) in [6.45, 7) is 5.70. The normalized spacial score (nSPS) is 10.7. The predicted molar refractivity (Wildman–Crippen MR) is 83.4 cm³/mol. The van der Waals surface area contributed by atoms with E-state index in [9.17, 15) is 4.79 Å². The highest BCUT2D eigenvalue weighted by molar-refractivity contribution is 5.69. The summed E-state index contributed by atoms with van der Waals surface area (Å²) in [5.41, 5.74) is 6.74. The van der Waals surface area contributed by atoms with Gasteiger partial charge in [-0.1, -0.05) is 19.1 Å². The van der Waals surface area contributed by atoms with Gasteiger partial charge in [0.15, 0.2) is 0 Å². The lowest BCUT2D eigenvalue weighted by Crippen LogP contribution is -2.30. The topological polar surface area (TPSA) is 64.8 Å². The van der Waals surface area contributed by atoms with Gasteiger partial charge in [-0.05, 0) is 37.2 Å². The van der Waals surface area contributed by atoms with Crippen LogP contribution >= 0.6 is 0 Å². The standard InChI is InChI=1S/C16H26N2O3/c1-3-18(11-9-16(19)20-2)12-13-21-15-6-4-14(5-7-15)8-10-17/h4-7H,3,8-13,17H2,1-2H3. The van der Waals surface area contributed by atoms with Gasteiger partial charge in [-0.25, -0.2) is 0 Å². The first kappa shape index (κ1) is 17.5. The van der Waals surface area contributed by atoms with Crippen molar-refractivity contribution in [3.8, 4) is 5.75 Å². The highest BCUT2D eigenvalue weighted by Gasteiger charge is 2.06. The number of carbonyl (C=O) groups is 1. The van der Waals surface area contributed by atoms with Crippen LogP contribution in [0.15, 0.2) is 24.3 Å². The van der Waals surface area contributed by atoms with Crippen LogP contribution in [-0.2, 0) is 16.0 Å². The summed E-state index contributed by atoms with van der Waals surface area (Å²) in [6, 6.07) is 8.01. The molecule has 0 aromatic heterocycles. The third kappa shape index (κ3) is 7.11. The molecule has 0 aliphatic rings. The van der Waals surface area contributed by atoms with Crippen molar-refractivity contribution in [1.29, 1.82) is 0 Å². The lowest BCUT2D eigenvalue weighted by atomic mass is 10.1. The monoisotopic (exact) mass is 294 g/mol. The zero-order valence-corrected chi connectivity index (χ0v) is 13.0. The van der Waals surface area contributed by atoms with Crippen LogP contribution < -0.4 is 10.5 Å². The zero-order chi connectivity index (χ0) is 15.5. The number of nitrogens with two attached hydrogens (primary N) is 1. The van der Waals surface area contributed by atoms with Gasteiger partial charge in [-0.3, -0.25) is 9.69 Å². The fraction of sp³-hybridized carbons (Fsp3) is 0.562. The molecule has 21 heavy (non-hydrogen) atoms. The molecule has 5 nitrogen and oxygen atoms in total. The van der Waals surface area contributed by atoms with Crippen molar-refractivity contribution in [3.05, 3.63) is 29.8 Å². The SMILES string of the molecule is CCN(CCOc1ccc(CCN)cc1)CCC(=O)OC. The fourth-order valence-corrected chi connectivity index (χ4v) is 1.99. The van der Waals surface area contributed by atoms with Gasteiger partial charge in [-0.15, -0.1) is 0 Å². The lowest BCUT2D eigenvalue weighted by molar-refractivity contribution is -0.141. The van der Waals surface area contributed by atoms with Gasteiger partial charge >= 0.3 is 5.97 Å². The Hall–Kier alpha value is -1.59. The Labute approximate surface area is 127 Å². The van der Waals surface area contributed by atoms with E-state index >= 15 is 0 Å². The van der Waals surface area contributed by atoms with E-state index in [-0.39, 0.29) is 5.97 Å². The van der Waals surface area contributed by atoms with Gasteiger partial charge in [0.2, 0.25) is 0 Å². The molecule has 0 atom stereocenters. The quantitative estimate of drug-likeness (QED) is 0.662. The van der Waals surface area contributed by atoms with E-state index in [1.54, 1.807) is 0 Å². The van der Waals surface area contributed by atoms with Crippen LogP contribution in [0.25, 0.3) is 0 Å². The summed E-state index contributed by atoms with van der Waals surface area (Å²) in [5, 5.41) is 0. The summed E-state index contributed by atoms with van der Waals surface area (Å²) in [6.07, 6.45) is 1.30. The van der Waals surface area contributed by atoms with E-state index in [1.165, 1.54) is 12.7 Å². The van der Waals surface area contributed by atoms with Gasteiger partial charge in [0, 0.05) is 13.1 Å². The van der Waals surface area contributed by atoms with Crippen LogP contribution in [0, 0.1) is 0 Å². The molecule has 0 radical (unpaired) electrons. The van der Waals surface area contributed by atoms with E-state index in [0.29, 0.717) is 26.1 Å². The minimum absolute atomic E-state index is 0.176. The van der Waals surface area contributed by atoms with Crippen LogP contribution in [0.4, 0.5) is 0 Å². The molecule has 0 saturated heterocycles. The molecule has 1 aromatic carbocycles. The second-order valence-corrected chi connectivity index (χ2v) is 4.79. The van der Waals surface area contributed by atoms with Gasteiger partial charge < -0.3 is 15.2 Å². The molecule has 0 heterocycles. The molecule has 1 aromatic rings. The molecule has 5 heteroatoms. The van der Waals surface area contributed by atoms with Crippen molar-refractivity contribution in [2.24, 2.45) is 5.73 Å². The van der Waals surface area contributed by atoms with Crippen LogP contribution in [0.3, 0.4) is 0 Å². The number of nitrogens with zero attached hydrogens (tertiary/aromatic N) is 1. The summed E-state index contributed by atoms with van der Waals surface area (Å²) in [7, 11) is 1.41. The minimum Gasteiger partial charge on any atom is -0.492 e. The third-order valence-corrected chi connectivity index (χ3v) is 3.34. The molecule has 118 valence electrons. The Bertz CT molecular complexity index is 406. The molecule has 0 bridgehead atoms. The summed E-state index contributed by atoms with van der Waals surface area (Å²) < 4.78 is 10.4. The number of esters is 1. The molecule has 0 fully saturated rings. The van der Waals surface area contributed by atoms with Crippen molar-refractivity contribution in [1.82, 2.24) is 4.90 Å². The van der Waals surface area contributed by atoms with Crippen LogP contribution in [0.2, 0.25) is 0 Å². The fourth-order valence-electron chi connectivity index (χ4n) is 1.99. The van der Waals surface area contributed by atoms with Gasteiger partial charge in [0.1, 0.15) is 12.4 Å². The van der Waals surface area contributed by atoms with E-state index in [1.807, 2.05) is 24.3 Å². The van der Waals surface area contributed by atoms with E-state index in [4.69, 9.17) is 10.5 Å². The van der Waals surface area contributed by atoms with Crippen molar-refractivity contribution >= 4 is 5.97 Å². The Morgan fingerprint density at radius 2 is 1.95 bits per heavy atom.